The molecule has 1 aliphatic carbocycles. The first-order valence-corrected chi connectivity index (χ1v) is 6.26. The highest BCUT2D eigenvalue weighted by molar-refractivity contribution is 5.91. The van der Waals surface area contributed by atoms with Crippen LogP contribution in [0.25, 0.3) is 0 Å². The molecule has 0 spiro atoms. The van der Waals surface area contributed by atoms with Gasteiger partial charge in [0.1, 0.15) is 5.82 Å². The summed E-state index contributed by atoms with van der Waals surface area (Å²) in [7, 11) is 0. The first-order chi connectivity index (χ1) is 8.58. The van der Waals surface area contributed by atoms with Crippen LogP contribution in [0, 0.1) is 5.82 Å². The van der Waals surface area contributed by atoms with E-state index in [1.807, 2.05) is 6.92 Å². The fourth-order valence-corrected chi connectivity index (χ4v) is 2.19. The monoisotopic (exact) mass is 251 g/mol. The normalized spacial score (nSPS) is 18.2. The van der Waals surface area contributed by atoms with Gasteiger partial charge in [0.25, 0.3) is 0 Å². The predicted molar refractivity (Wildman–Crippen MR) is 66.6 cm³/mol. The third-order valence-corrected chi connectivity index (χ3v) is 3.50. The van der Waals surface area contributed by atoms with Crippen molar-refractivity contribution in [3.8, 4) is 0 Å². The van der Waals surface area contributed by atoms with Crippen molar-refractivity contribution in [2.24, 2.45) is 0 Å². The number of hydrogen-bond acceptors (Lipinski definition) is 2. The van der Waals surface area contributed by atoms with Gasteiger partial charge in [0.15, 0.2) is 0 Å². The Morgan fingerprint density at radius 3 is 2.83 bits per heavy atom. The lowest BCUT2D eigenvalue weighted by atomic mass is 9.94. The van der Waals surface area contributed by atoms with Gasteiger partial charge in [-0.2, -0.15) is 0 Å². The van der Waals surface area contributed by atoms with Crippen LogP contribution in [0.2, 0.25) is 0 Å². The molecule has 1 atom stereocenters. The maximum absolute atomic E-state index is 13.2. The van der Waals surface area contributed by atoms with Gasteiger partial charge in [-0.25, -0.2) is 4.39 Å². The van der Waals surface area contributed by atoms with Gasteiger partial charge >= 0.3 is 0 Å². The highest BCUT2D eigenvalue weighted by Gasteiger charge is 2.51. The molecule has 4 heteroatoms. The summed E-state index contributed by atoms with van der Waals surface area (Å²) in [6, 6.07) is 6.19. The van der Waals surface area contributed by atoms with Gasteiger partial charge < -0.3 is 10.4 Å². The Labute approximate surface area is 106 Å². The molecule has 1 amide bonds. The van der Waals surface area contributed by atoms with Crippen LogP contribution in [-0.2, 0) is 10.2 Å². The standard InChI is InChI=1S/C14H18FNO2/c1-10(5-8-17)16-13(18)14(6-7-14)11-3-2-4-12(15)9-11/h2-4,9-10,17H,5-8H2,1H3,(H,16,18). The molecule has 1 aromatic rings. The molecule has 0 radical (unpaired) electrons. The van der Waals surface area contributed by atoms with Crippen molar-refractivity contribution in [3.63, 3.8) is 0 Å². The number of amides is 1. The Balaban J connectivity index is 2.10. The van der Waals surface area contributed by atoms with E-state index in [1.165, 1.54) is 12.1 Å². The first-order valence-electron chi connectivity index (χ1n) is 6.26. The molecule has 0 aromatic heterocycles. The van der Waals surface area contributed by atoms with Crippen molar-refractivity contribution in [2.45, 2.75) is 37.6 Å². The molecular formula is C14H18FNO2. The van der Waals surface area contributed by atoms with Crippen LogP contribution in [0.1, 0.15) is 31.7 Å². The number of halogens is 1. The average Bonchev–Trinajstić information content (AvgIpc) is 3.10. The van der Waals surface area contributed by atoms with Gasteiger partial charge in [0, 0.05) is 12.6 Å². The number of hydrogen-bond donors (Lipinski definition) is 2. The zero-order chi connectivity index (χ0) is 13.2. The number of carbonyl (C=O) groups is 1. The first kappa shape index (κ1) is 13.0. The van der Waals surface area contributed by atoms with E-state index < -0.39 is 5.41 Å². The summed E-state index contributed by atoms with van der Waals surface area (Å²) in [5.74, 6) is -0.371. The second kappa shape index (κ2) is 5.06. The molecule has 1 unspecified atom stereocenters. The third kappa shape index (κ3) is 2.53. The van der Waals surface area contributed by atoms with E-state index in [0.29, 0.717) is 6.42 Å². The maximum atomic E-state index is 13.2. The second-order valence-corrected chi connectivity index (χ2v) is 4.98. The summed E-state index contributed by atoms with van der Waals surface area (Å²) in [5, 5.41) is 11.7. The van der Waals surface area contributed by atoms with Crippen LogP contribution in [-0.4, -0.2) is 23.7 Å². The topological polar surface area (TPSA) is 49.3 Å². The van der Waals surface area contributed by atoms with E-state index in [1.54, 1.807) is 12.1 Å². The summed E-state index contributed by atoms with van der Waals surface area (Å²) in [6.07, 6.45) is 2.05. The number of aliphatic hydroxyl groups is 1. The second-order valence-electron chi connectivity index (χ2n) is 4.98. The Hall–Kier alpha value is -1.42. The maximum Gasteiger partial charge on any atom is 0.230 e. The molecule has 1 aromatic carbocycles. The van der Waals surface area contributed by atoms with Crippen molar-refractivity contribution >= 4 is 5.91 Å². The smallest absolute Gasteiger partial charge is 0.230 e. The molecule has 0 heterocycles. The van der Waals surface area contributed by atoms with Crippen LogP contribution >= 0.6 is 0 Å². The molecule has 98 valence electrons. The van der Waals surface area contributed by atoms with Crippen LogP contribution in [0.15, 0.2) is 24.3 Å². The number of benzene rings is 1. The van der Waals surface area contributed by atoms with Crippen LogP contribution in [0.4, 0.5) is 4.39 Å². The molecule has 2 N–H and O–H groups in total. The third-order valence-electron chi connectivity index (χ3n) is 3.50. The fraction of sp³-hybridized carbons (Fsp3) is 0.500. The Bertz CT molecular complexity index is 443. The van der Waals surface area contributed by atoms with Gasteiger partial charge in [0.05, 0.1) is 5.41 Å². The molecular weight excluding hydrogens is 233 g/mol. The minimum Gasteiger partial charge on any atom is -0.396 e. The molecule has 0 aliphatic heterocycles. The van der Waals surface area contributed by atoms with Crippen LogP contribution < -0.4 is 5.32 Å². The van der Waals surface area contributed by atoms with Crippen molar-refractivity contribution in [1.82, 2.24) is 5.32 Å². The Morgan fingerprint density at radius 2 is 2.28 bits per heavy atom. The summed E-state index contributed by atoms with van der Waals surface area (Å²) >= 11 is 0. The summed E-state index contributed by atoms with van der Waals surface area (Å²) in [4.78, 5) is 12.2. The fourth-order valence-electron chi connectivity index (χ4n) is 2.19. The lowest BCUT2D eigenvalue weighted by Crippen LogP contribution is -2.40. The molecule has 3 nitrogen and oxygen atoms in total. The Morgan fingerprint density at radius 1 is 1.56 bits per heavy atom. The summed E-state index contributed by atoms with van der Waals surface area (Å²) in [6.45, 7) is 1.91. The van der Waals surface area contributed by atoms with Crippen LogP contribution in [0.3, 0.4) is 0 Å². The molecule has 0 bridgehead atoms. The summed E-state index contributed by atoms with van der Waals surface area (Å²) < 4.78 is 13.2. The minimum atomic E-state index is -0.550. The van der Waals surface area contributed by atoms with Gasteiger partial charge in [0.2, 0.25) is 5.91 Å². The van der Waals surface area contributed by atoms with Crippen molar-refractivity contribution in [3.05, 3.63) is 35.6 Å². The lowest BCUT2D eigenvalue weighted by molar-refractivity contribution is -0.124. The number of rotatable bonds is 5. The largest absolute Gasteiger partial charge is 0.396 e. The van der Waals surface area contributed by atoms with E-state index in [9.17, 15) is 9.18 Å². The van der Waals surface area contributed by atoms with E-state index in [2.05, 4.69) is 5.32 Å². The number of nitrogens with one attached hydrogen (secondary N) is 1. The predicted octanol–water partition coefficient (Wildman–Crippen LogP) is 1.74. The minimum absolute atomic E-state index is 0.0500. The van der Waals surface area contributed by atoms with Gasteiger partial charge in [-0.05, 0) is 43.9 Å². The zero-order valence-electron chi connectivity index (χ0n) is 10.4. The van der Waals surface area contributed by atoms with Gasteiger partial charge in [-0.1, -0.05) is 12.1 Å². The van der Waals surface area contributed by atoms with Crippen molar-refractivity contribution in [2.75, 3.05) is 6.61 Å². The number of carbonyl (C=O) groups excluding carboxylic acids is 1. The molecule has 1 saturated carbocycles. The van der Waals surface area contributed by atoms with E-state index >= 15 is 0 Å². The lowest BCUT2D eigenvalue weighted by Gasteiger charge is -2.19. The quantitative estimate of drug-likeness (QED) is 0.837. The highest BCUT2D eigenvalue weighted by atomic mass is 19.1. The van der Waals surface area contributed by atoms with Crippen molar-refractivity contribution < 1.29 is 14.3 Å². The van der Waals surface area contributed by atoms with Gasteiger partial charge in [-0.3, -0.25) is 4.79 Å². The molecule has 18 heavy (non-hydrogen) atoms. The SMILES string of the molecule is CC(CCO)NC(=O)C1(c2cccc(F)c2)CC1. The van der Waals surface area contributed by atoms with Crippen molar-refractivity contribution in [1.29, 1.82) is 0 Å². The van der Waals surface area contributed by atoms with E-state index in [-0.39, 0.29) is 24.4 Å². The van der Waals surface area contributed by atoms with E-state index in [4.69, 9.17) is 5.11 Å². The summed E-state index contributed by atoms with van der Waals surface area (Å²) in [5.41, 5.74) is 0.197. The van der Waals surface area contributed by atoms with Gasteiger partial charge in [-0.15, -0.1) is 0 Å². The zero-order valence-corrected chi connectivity index (χ0v) is 10.4. The van der Waals surface area contributed by atoms with E-state index in [0.717, 1.165) is 18.4 Å². The highest BCUT2D eigenvalue weighted by Crippen LogP contribution is 2.48. The molecule has 0 saturated heterocycles. The molecule has 1 aliphatic rings. The average molecular weight is 251 g/mol. The molecule has 2 rings (SSSR count). The molecule has 1 fully saturated rings. The van der Waals surface area contributed by atoms with Crippen LogP contribution in [0.5, 0.6) is 0 Å². The number of aliphatic hydroxyl groups excluding tert-OH is 1. The Kier molecular flexibility index (Phi) is 3.66.